The fourth-order valence-electron chi connectivity index (χ4n) is 1.78. The number of hydrogen-bond acceptors (Lipinski definition) is 4. The lowest BCUT2D eigenvalue weighted by molar-refractivity contribution is 0.0981. The number of rotatable bonds is 5. The summed E-state index contributed by atoms with van der Waals surface area (Å²) < 4.78 is 30.7. The number of halogens is 1. The van der Waals surface area contributed by atoms with Crippen LogP contribution in [0.15, 0.2) is 41.0 Å². The minimum Gasteiger partial charge on any atom is -0.452 e. The molecule has 1 heterocycles. The highest BCUT2D eigenvalue weighted by Crippen LogP contribution is 2.17. The fourth-order valence-corrected chi connectivity index (χ4v) is 3.07. The van der Waals surface area contributed by atoms with E-state index in [1.54, 1.807) is 12.1 Å². The Kier molecular flexibility index (Phi) is 4.69. The molecule has 1 aromatic carbocycles. The third kappa shape index (κ3) is 4.09. The molecule has 0 atom stereocenters. The Bertz CT molecular complexity index is 735. The fraction of sp³-hybridized carbons (Fsp3) is 0.214. The first-order valence-corrected chi connectivity index (χ1v) is 8.30. The summed E-state index contributed by atoms with van der Waals surface area (Å²) in [4.78, 5) is 11.8. The predicted molar refractivity (Wildman–Crippen MR) is 79.6 cm³/mol. The Morgan fingerprint density at radius 2 is 1.81 bits per heavy atom. The molecule has 0 saturated carbocycles. The van der Waals surface area contributed by atoms with Gasteiger partial charge in [-0.3, -0.25) is 4.79 Å². The van der Waals surface area contributed by atoms with Crippen LogP contribution >= 0.6 is 11.6 Å². The summed E-state index contributed by atoms with van der Waals surface area (Å²) in [6.45, 7) is 2.01. The van der Waals surface area contributed by atoms with Crippen LogP contribution in [0.3, 0.4) is 0 Å². The minimum atomic E-state index is -3.80. The third-order valence-electron chi connectivity index (χ3n) is 2.90. The molecule has 1 aromatic heterocycles. The Balaban J connectivity index is 2.08. The number of amides is 1. The van der Waals surface area contributed by atoms with Crippen molar-refractivity contribution in [2.75, 3.05) is 0 Å². The maximum atomic E-state index is 12.0. The molecule has 21 heavy (non-hydrogen) atoms. The van der Waals surface area contributed by atoms with E-state index >= 15 is 0 Å². The monoisotopic (exact) mass is 327 g/mol. The lowest BCUT2D eigenvalue weighted by atomic mass is 10.1. The number of carbonyl (C=O) groups excluding carboxylic acids is 1. The van der Waals surface area contributed by atoms with E-state index in [4.69, 9.17) is 16.0 Å². The van der Waals surface area contributed by atoms with Gasteiger partial charge in [0.1, 0.15) is 0 Å². The molecule has 0 aliphatic heterocycles. The van der Waals surface area contributed by atoms with Gasteiger partial charge in [0.05, 0.1) is 17.6 Å². The third-order valence-corrected chi connectivity index (χ3v) is 4.40. The van der Waals surface area contributed by atoms with E-state index in [1.165, 1.54) is 12.3 Å². The largest absolute Gasteiger partial charge is 0.452 e. The van der Waals surface area contributed by atoms with Gasteiger partial charge in [0.25, 0.3) is 5.91 Å². The normalized spacial score (nSPS) is 11.3. The van der Waals surface area contributed by atoms with Crippen molar-refractivity contribution in [3.8, 4) is 0 Å². The van der Waals surface area contributed by atoms with Crippen LogP contribution in [0.25, 0.3) is 0 Å². The average molecular weight is 328 g/mol. The molecule has 0 aliphatic carbocycles. The lowest BCUT2D eigenvalue weighted by Crippen LogP contribution is -2.31. The van der Waals surface area contributed by atoms with Gasteiger partial charge in [-0.25, -0.2) is 13.1 Å². The maximum absolute atomic E-state index is 12.0. The Morgan fingerprint density at radius 1 is 1.19 bits per heavy atom. The smallest absolute Gasteiger partial charge is 0.269 e. The lowest BCUT2D eigenvalue weighted by Gasteiger charge is -2.07. The highest BCUT2D eigenvalue weighted by Gasteiger charge is 2.20. The van der Waals surface area contributed by atoms with Gasteiger partial charge in [-0.05, 0) is 35.2 Å². The van der Waals surface area contributed by atoms with Crippen LogP contribution in [0, 0.1) is 0 Å². The second-order valence-electron chi connectivity index (χ2n) is 4.47. The van der Waals surface area contributed by atoms with E-state index in [0.29, 0.717) is 5.56 Å². The Hall–Kier alpha value is -1.79. The first kappa shape index (κ1) is 15.6. The minimum absolute atomic E-state index is 0.0124. The zero-order valence-corrected chi connectivity index (χ0v) is 12.9. The molecule has 2 aromatic rings. The van der Waals surface area contributed by atoms with Crippen molar-refractivity contribution in [3.05, 3.63) is 58.5 Å². The van der Waals surface area contributed by atoms with E-state index < -0.39 is 15.9 Å². The summed E-state index contributed by atoms with van der Waals surface area (Å²) >= 11 is 5.63. The van der Waals surface area contributed by atoms with Gasteiger partial charge in [-0.15, -0.1) is 0 Å². The first-order chi connectivity index (χ1) is 9.91. The Morgan fingerprint density at radius 3 is 2.33 bits per heavy atom. The van der Waals surface area contributed by atoms with Crippen molar-refractivity contribution in [1.82, 2.24) is 4.72 Å². The molecule has 7 heteroatoms. The number of carbonyl (C=O) groups is 1. The zero-order chi connectivity index (χ0) is 15.5. The van der Waals surface area contributed by atoms with Crippen molar-refractivity contribution in [3.63, 3.8) is 0 Å². The standard InChI is InChI=1S/C14H14ClNO4S/c1-2-10-3-5-11(6-4-10)9-21(18,19)16-14(17)12-7-8-20-13(12)15/h3-8H,2,9H2,1H3,(H,16,17). The second-order valence-corrected chi connectivity index (χ2v) is 6.53. The van der Waals surface area contributed by atoms with Crippen molar-refractivity contribution in [2.24, 2.45) is 0 Å². The van der Waals surface area contributed by atoms with Gasteiger partial charge in [0, 0.05) is 0 Å². The van der Waals surface area contributed by atoms with Gasteiger partial charge >= 0.3 is 0 Å². The summed E-state index contributed by atoms with van der Waals surface area (Å²) in [5.41, 5.74) is 1.71. The Labute approximate surface area is 128 Å². The van der Waals surface area contributed by atoms with Gasteiger partial charge in [0.2, 0.25) is 15.2 Å². The van der Waals surface area contributed by atoms with E-state index in [1.807, 2.05) is 23.8 Å². The number of sulfonamides is 1. The number of furan rings is 1. The average Bonchev–Trinajstić information content (AvgIpc) is 2.85. The second kappa shape index (κ2) is 6.32. The topological polar surface area (TPSA) is 76.4 Å². The van der Waals surface area contributed by atoms with E-state index in [0.717, 1.165) is 12.0 Å². The number of hydrogen-bond donors (Lipinski definition) is 1. The molecule has 5 nitrogen and oxygen atoms in total. The quantitative estimate of drug-likeness (QED) is 0.916. The molecular formula is C14H14ClNO4S. The summed E-state index contributed by atoms with van der Waals surface area (Å²) in [6.07, 6.45) is 2.09. The van der Waals surface area contributed by atoms with Crippen LogP contribution in [0.4, 0.5) is 0 Å². The van der Waals surface area contributed by atoms with Crippen LogP contribution in [0.2, 0.25) is 5.22 Å². The summed E-state index contributed by atoms with van der Waals surface area (Å²) in [6, 6.07) is 8.49. The van der Waals surface area contributed by atoms with E-state index in [-0.39, 0.29) is 16.5 Å². The van der Waals surface area contributed by atoms with Crippen molar-refractivity contribution in [2.45, 2.75) is 19.1 Å². The van der Waals surface area contributed by atoms with Crippen molar-refractivity contribution in [1.29, 1.82) is 0 Å². The van der Waals surface area contributed by atoms with Gasteiger partial charge in [0.15, 0.2) is 0 Å². The molecule has 0 fully saturated rings. The number of aryl methyl sites for hydroxylation is 1. The summed E-state index contributed by atoms with van der Waals surface area (Å²) in [5.74, 6) is -1.09. The van der Waals surface area contributed by atoms with E-state index in [2.05, 4.69) is 0 Å². The van der Waals surface area contributed by atoms with Gasteiger partial charge in [-0.2, -0.15) is 0 Å². The molecule has 0 unspecified atom stereocenters. The molecule has 1 N–H and O–H groups in total. The molecule has 0 spiro atoms. The molecule has 0 radical (unpaired) electrons. The summed E-state index contributed by atoms with van der Waals surface area (Å²) in [7, 11) is -3.80. The van der Waals surface area contributed by atoms with Crippen LogP contribution in [-0.4, -0.2) is 14.3 Å². The predicted octanol–water partition coefficient (Wildman–Crippen LogP) is 2.76. The molecule has 112 valence electrons. The van der Waals surface area contributed by atoms with Crippen LogP contribution in [0.5, 0.6) is 0 Å². The van der Waals surface area contributed by atoms with Gasteiger partial charge < -0.3 is 4.42 Å². The maximum Gasteiger partial charge on any atom is 0.269 e. The molecular weight excluding hydrogens is 314 g/mol. The van der Waals surface area contributed by atoms with Crippen molar-refractivity contribution < 1.29 is 17.6 Å². The first-order valence-electron chi connectivity index (χ1n) is 6.27. The van der Waals surface area contributed by atoms with E-state index in [9.17, 15) is 13.2 Å². The summed E-state index contributed by atoms with van der Waals surface area (Å²) in [5, 5.41) is -0.144. The molecule has 1 amide bonds. The van der Waals surface area contributed by atoms with Crippen molar-refractivity contribution >= 4 is 27.5 Å². The molecule has 2 rings (SSSR count). The van der Waals surface area contributed by atoms with Gasteiger partial charge in [-0.1, -0.05) is 31.2 Å². The van der Waals surface area contributed by atoms with Crippen LogP contribution in [0.1, 0.15) is 28.4 Å². The molecule has 0 bridgehead atoms. The molecule has 0 aliphatic rings. The highest BCUT2D eigenvalue weighted by molar-refractivity contribution is 7.89. The molecule has 0 saturated heterocycles. The van der Waals surface area contributed by atoms with Crippen LogP contribution < -0.4 is 4.72 Å². The zero-order valence-electron chi connectivity index (χ0n) is 11.3. The number of nitrogens with one attached hydrogen (secondary N) is 1. The number of benzene rings is 1. The SMILES string of the molecule is CCc1ccc(CS(=O)(=O)NC(=O)c2ccoc2Cl)cc1. The van der Waals surface area contributed by atoms with Crippen LogP contribution in [-0.2, 0) is 22.2 Å². The highest BCUT2D eigenvalue weighted by atomic mass is 35.5.